The first-order chi connectivity index (χ1) is 14.4. The van der Waals surface area contributed by atoms with Gasteiger partial charge in [-0.1, -0.05) is 18.2 Å². The van der Waals surface area contributed by atoms with E-state index in [0.717, 1.165) is 18.5 Å². The zero-order valence-electron chi connectivity index (χ0n) is 18.0. The molecule has 0 saturated heterocycles. The zero-order valence-corrected chi connectivity index (χ0v) is 18.0. The Morgan fingerprint density at radius 2 is 1.90 bits per heavy atom. The SMILES string of the molecule is COc1cc2c(cc1OC)[C@H](CNC(=O)NC(C)C)[NH+](Cc1ccccc1F)CC2. The minimum Gasteiger partial charge on any atom is -0.493 e. The third kappa shape index (κ3) is 5.02. The summed E-state index contributed by atoms with van der Waals surface area (Å²) in [5.74, 6) is 1.14. The molecule has 0 aromatic heterocycles. The summed E-state index contributed by atoms with van der Waals surface area (Å²) < 4.78 is 25.3. The molecule has 1 aliphatic heterocycles. The van der Waals surface area contributed by atoms with Gasteiger partial charge in [-0.2, -0.15) is 0 Å². The summed E-state index contributed by atoms with van der Waals surface area (Å²) in [4.78, 5) is 13.4. The van der Waals surface area contributed by atoms with E-state index in [-0.39, 0.29) is 23.9 Å². The number of urea groups is 1. The average molecular weight is 417 g/mol. The van der Waals surface area contributed by atoms with Crippen LogP contribution in [0.5, 0.6) is 11.5 Å². The Bertz CT molecular complexity index is 888. The molecular weight excluding hydrogens is 385 g/mol. The number of hydrogen-bond donors (Lipinski definition) is 3. The maximum atomic E-state index is 14.3. The first-order valence-corrected chi connectivity index (χ1v) is 10.3. The van der Waals surface area contributed by atoms with Crippen molar-refractivity contribution >= 4 is 6.03 Å². The van der Waals surface area contributed by atoms with Crippen LogP contribution in [0.3, 0.4) is 0 Å². The van der Waals surface area contributed by atoms with Gasteiger partial charge in [-0.15, -0.1) is 0 Å². The Hall–Kier alpha value is -2.80. The molecule has 30 heavy (non-hydrogen) atoms. The standard InChI is InChI=1S/C23H30FN3O3/c1-15(2)26-23(28)25-13-20-18-12-22(30-4)21(29-3)11-16(18)9-10-27(20)14-17-7-5-6-8-19(17)24/h5-8,11-12,15,20H,9-10,13-14H2,1-4H3,(H2,25,26,28)/p+1/t20-/m0/s1. The minimum atomic E-state index is -0.206. The smallest absolute Gasteiger partial charge is 0.315 e. The number of fused-ring (bicyclic) bond motifs is 1. The topological polar surface area (TPSA) is 64.0 Å². The van der Waals surface area contributed by atoms with Gasteiger partial charge in [0.25, 0.3) is 0 Å². The van der Waals surface area contributed by atoms with Crippen molar-refractivity contribution in [2.24, 2.45) is 0 Å². The predicted molar refractivity (Wildman–Crippen MR) is 114 cm³/mol. The Labute approximate surface area is 177 Å². The molecule has 3 N–H and O–H groups in total. The lowest BCUT2D eigenvalue weighted by molar-refractivity contribution is -0.946. The van der Waals surface area contributed by atoms with Crippen molar-refractivity contribution in [3.8, 4) is 11.5 Å². The summed E-state index contributed by atoms with van der Waals surface area (Å²) in [7, 11) is 3.23. The zero-order chi connectivity index (χ0) is 21.7. The molecule has 0 bridgehead atoms. The van der Waals surface area contributed by atoms with Crippen molar-refractivity contribution in [3.05, 3.63) is 58.9 Å². The van der Waals surface area contributed by atoms with E-state index >= 15 is 0 Å². The largest absolute Gasteiger partial charge is 0.493 e. The second kappa shape index (κ2) is 9.80. The molecule has 7 heteroatoms. The van der Waals surface area contributed by atoms with Crippen LogP contribution in [0.4, 0.5) is 9.18 Å². The molecule has 1 heterocycles. The van der Waals surface area contributed by atoms with Crippen LogP contribution >= 0.6 is 0 Å². The molecule has 0 saturated carbocycles. The summed E-state index contributed by atoms with van der Waals surface area (Å²) in [6.45, 7) is 5.64. The van der Waals surface area contributed by atoms with Crippen molar-refractivity contribution in [1.82, 2.24) is 10.6 Å². The summed E-state index contributed by atoms with van der Waals surface area (Å²) in [5.41, 5.74) is 2.93. The average Bonchev–Trinajstić information content (AvgIpc) is 2.72. The molecule has 0 aliphatic carbocycles. The maximum Gasteiger partial charge on any atom is 0.315 e. The highest BCUT2D eigenvalue weighted by molar-refractivity contribution is 5.74. The maximum absolute atomic E-state index is 14.3. The number of benzene rings is 2. The molecule has 1 unspecified atom stereocenters. The third-order valence-corrected chi connectivity index (χ3v) is 5.49. The Morgan fingerprint density at radius 3 is 2.57 bits per heavy atom. The Kier molecular flexibility index (Phi) is 7.15. The number of quaternary nitrogens is 1. The molecular formula is C23H31FN3O3+. The molecule has 1 aliphatic rings. The predicted octanol–water partition coefficient (Wildman–Crippen LogP) is 2.23. The van der Waals surface area contributed by atoms with Crippen LogP contribution in [0.2, 0.25) is 0 Å². The molecule has 2 amide bonds. The van der Waals surface area contributed by atoms with Gasteiger partial charge in [0.05, 0.1) is 27.3 Å². The van der Waals surface area contributed by atoms with Crippen LogP contribution in [0.15, 0.2) is 36.4 Å². The number of rotatable bonds is 7. The summed E-state index contributed by atoms with van der Waals surface area (Å²) in [5, 5.41) is 5.84. The molecule has 0 radical (unpaired) electrons. The van der Waals surface area contributed by atoms with Crippen LogP contribution in [0.25, 0.3) is 0 Å². The number of nitrogens with one attached hydrogen (secondary N) is 3. The summed E-state index contributed by atoms with van der Waals surface area (Å²) in [6.07, 6.45) is 0.841. The summed E-state index contributed by atoms with van der Waals surface area (Å²) >= 11 is 0. The molecule has 3 rings (SSSR count). The monoisotopic (exact) mass is 416 g/mol. The Morgan fingerprint density at radius 1 is 1.20 bits per heavy atom. The van der Waals surface area contributed by atoms with Gasteiger partial charge in [-0.05, 0) is 37.6 Å². The van der Waals surface area contributed by atoms with Gasteiger partial charge in [0, 0.05) is 23.6 Å². The van der Waals surface area contributed by atoms with Crippen LogP contribution in [-0.4, -0.2) is 39.4 Å². The second-order valence-electron chi connectivity index (χ2n) is 7.89. The third-order valence-electron chi connectivity index (χ3n) is 5.49. The molecule has 0 fully saturated rings. The molecule has 2 atom stereocenters. The van der Waals surface area contributed by atoms with Crippen molar-refractivity contribution in [2.45, 2.75) is 38.9 Å². The number of methoxy groups -OCH3 is 2. The van der Waals surface area contributed by atoms with Gasteiger partial charge < -0.3 is 25.0 Å². The van der Waals surface area contributed by atoms with E-state index in [9.17, 15) is 9.18 Å². The number of hydrogen-bond acceptors (Lipinski definition) is 3. The second-order valence-corrected chi connectivity index (χ2v) is 7.89. The molecule has 2 aromatic carbocycles. The van der Waals surface area contributed by atoms with E-state index in [1.807, 2.05) is 38.1 Å². The van der Waals surface area contributed by atoms with Crippen LogP contribution in [0, 0.1) is 5.82 Å². The molecule has 2 aromatic rings. The highest BCUT2D eigenvalue weighted by Crippen LogP contribution is 2.34. The van der Waals surface area contributed by atoms with Gasteiger partial charge in [0.15, 0.2) is 11.5 Å². The minimum absolute atomic E-state index is 0.0360. The van der Waals surface area contributed by atoms with E-state index in [0.29, 0.717) is 30.2 Å². The summed E-state index contributed by atoms with van der Waals surface area (Å²) in [6, 6.07) is 10.7. The van der Waals surface area contributed by atoms with E-state index in [2.05, 4.69) is 10.6 Å². The highest BCUT2D eigenvalue weighted by Gasteiger charge is 2.33. The number of ether oxygens (including phenoxy) is 2. The normalized spacial score (nSPS) is 17.9. The van der Waals surface area contributed by atoms with Gasteiger partial charge >= 0.3 is 6.03 Å². The van der Waals surface area contributed by atoms with Gasteiger partial charge in [0.1, 0.15) is 18.4 Å². The molecule has 162 valence electrons. The van der Waals surface area contributed by atoms with Crippen molar-refractivity contribution in [3.63, 3.8) is 0 Å². The first kappa shape index (κ1) is 21.9. The van der Waals surface area contributed by atoms with Crippen molar-refractivity contribution in [2.75, 3.05) is 27.3 Å². The molecule has 6 nitrogen and oxygen atoms in total. The van der Waals surface area contributed by atoms with Crippen molar-refractivity contribution in [1.29, 1.82) is 0 Å². The lowest BCUT2D eigenvalue weighted by atomic mass is 9.91. The lowest BCUT2D eigenvalue weighted by Gasteiger charge is -2.35. The van der Waals surface area contributed by atoms with Crippen LogP contribution in [0.1, 0.15) is 36.6 Å². The van der Waals surface area contributed by atoms with E-state index < -0.39 is 0 Å². The fraction of sp³-hybridized carbons (Fsp3) is 0.435. The number of carbonyl (C=O) groups is 1. The molecule has 0 spiro atoms. The first-order valence-electron chi connectivity index (χ1n) is 10.3. The lowest BCUT2D eigenvalue weighted by Crippen LogP contribution is -3.12. The van der Waals surface area contributed by atoms with Gasteiger partial charge in [0.2, 0.25) is 0 Å². The number of amides is 2. The number of halogens is 1. The van der Waals surface area contributed by atoms with Crippen LogP contribution in [-0.2, 0) is 13.0 Å². The Balaban J connectivity index is 1.91. The fourth-order valence-electron chi connectivity index (χ4n) is 4.03. The number of carbonyl (C=O) groups excluding carboxylic acids is 1. The van der Waals surface area contributed by atoms with E-state index in [1.165, 1.54) is 16.5 Å². The van der Waals surface area contributed by atoms with E-state index in [1.54, 1.807) is 20.3 Å². The van der Waals surface area contributed by atoms with Crippen LogP contribution < -0.4 is 25.0 Å². The van der Waals surface area contributed by atoms with E-state index in [4.69, 9.17) is 9.47 Å². The fourth-order valence-corrected chi connectivity index (χ4v) is 4.03. The van der Waals surface area contributed by atoms with Crippen molar-refractivity contribution < 1.29 is 23.6 Å². The van der Waals surface area contributed by atoms with Gasteiger partial charge in [-0.3, -0.25) is 0 Å². The van der Waals surface area contributed by atoms with Gasteiger partial charge in [-0.25, -0.2) is 9.18 Å². The quantitative estimate of drug-likeness (QED) is 0.649. The highest BCUT2D eigenvalue weighted by atomic mass is 19.1.